The number of carbonyl (C=O) groups excluding carboxylic acids is 2. The number of hydrogen-bond acceptors (Lipinski definition) is 6. The van der Waals surface area contributed by atoms with Crippen LogP contribution in [0.2, 0.25) is 0 Å². The Morgan fingerprint density at radius 2 is 2.27 bits per heavy atom. The van der Waals surface area contributed by atoms with Gasteiger partial charge in [-0.3, -0.25) is 9.59 Å². The molecule has 0 aliphatic heterocycles. The average molecular weight is 314 g/mol. The SMILES string of the molecule is CCc1nc(CC(=O)C(C#N)C(=O)Nc2ccccn2)cs1. The first kappa shape index (κ1) is 15.8. The molecule has 2 aromatic heterocycles. The fourth-order valence-corrected chi connectivity index (χ4v) is 2.53. The lowest BCUT2D eigenvalue weighted by atomic mass is 10.0. The molecule has 112 valence electrons. The third-order valence-electron chi connectivity index (χ3n) is 2.89. The molecular formula is C15H14N4O2S. The van der Waals surface area contributed by atoms with E-state index in [1.165, 1.54) is 17.5 Å². The zero-order chi connectivity index (χ0) is 15.9. The van der Waals surface area contributed by atoms with Crippen molar-refractivity contribution in [3.05, 3.63) is 40.5 Å². The fourth-order valence-electron chi connectivity index (χ4n) is 1.79. The van der Waals surface area contributed by atoms with Crippen molar-refractivity contribution in [3.8, 4) is 6.07 Å². The topological polar surface area (TPSA) is 95.7 Å². The van der Waals surface area contributed by atoms with Crippen molar-refractivity contribution in [3.63, 3.8) is 0 Å². The Kier molecular flexibility index (Phi) is 5.33. The van der Waals surface area contributed by atoms with Crippen molar-refractivity contribution in [2.45, 2.75) is 19.8 Å². The summed E-state index contributed by atoms with van der Waals surface area (Å²) in [6.45, 7) is 1.98. The number of thiazole rings is 1. The molecule has 0 fully saturated rings. The van der Waals surface area contributed by atoms with E-state index in [4.69, 9.17) is 5.26 Å². The summed E-state index contributed by atoms with van der Waals surface area (Å²) in [5, 5.41) is 14.3. The van der Waals surface area contributed by atoms with Gasteiger partial charge in [0.05, 0.1) is 23.2 Å². The smallest absolute Gasteiger partial charge is 0.250 e. The average Bonchev–Trinajstić information content (AvgIpc) is 2.96. The third-order valence-corrected chi connectivity index (χ3v) is 3.93. The van der Waals surface area contributed by atoms with Gasteiger partial charge in [-0.05, 0) is 18.6 Å². The molecular weight excluding hydrogens is 300 g/mol. The van der Waals surface area contributed by atoms with Gasteiger partial charge >= 0.3 is 0 Å². The minimum absolute atomic E-state index is 0.0234. The van der Waals surface area contributed by atoms with Gasteiger partial charge in [-0.1, -0.05) is 13.0 Å². The maximum absolute atomic E-state index is 12.1. The summed E-state index contributed by atoms with van der Waals surface area (Å²) in [5.74, 6) is -2.20. The molecule has 0 aliphatic carbocycles. The number of amides is 1. The van der Waals surface area contributed by atoms with Gasteiger partial charge < -0.3 is 5.32 Å². The van der Waals surface area contributed by atoms with Crippen LogP contribution in [0.4, 0.5) is 5.82 Å². The van der Waals surface area contributed by atoms with Gasteiger partial charge in [0.2, 0.25) is 0 Å². The Bertz CT molecular complexity index is 706. The molecule has 1 N–H and O–H groups in total. The first-order chi connectivity index (χ1) is 10.6. The summed E-state index contributed by atoms with van der Waals surface area (Å²) in [4.78, 5) is 32.4. The van der Waals surface area contributed by atoms with Crippen molar-refractivity contribution in [2.24, 2.45) is 5.92 Å². The van der Waals surface area contributed by atoms with E-state index in [1.807, 2.05) is 6.92 Å². The standard InChI is InChI=1S/C15H14N4O2S/c1-2-14-18-10(9-22-14)7-12(20)11(8-16)15(21)19-13-5-3-4-6-17-13/h3-6,9,11H,2,7H2,1H3,(H,17,19,21). The van der Waals surface area contributed by atoms with Crippen LogP contribution in [-0.4, -0.2) is 21.7 Å². The van der Waals surface area contributed by atoms with Crippen molar-refractivity contribution < 1.29 is 9.59 Å². The number of carbonyl (C=O) groups is 2. The van der Waals surface area contributed by atoms with Gasteiger partial charge in [0, 0.05) is 11.6 Å². The monoisotopic (exact) mass is 314 g/mol. The zero-order valence-electron chi connectivity index (χ0n) is 11.9. The highest BCUT2D eigenvalue weighted by molar-refractivity contribution is 7.09. The van der Waals surface area contributed by atoms with Gasteiger partial charge in [0.1, 0.15) is 5.82 Å². The second-order valence-electron chi connectivity index (χ2n) is 4.50. The van der Waals surface area contributed by atoms with Crippen LogP contribution in [-0.2, 0) is 22.4 Å². The number of ketones is 1. The third kappa shape index (κ3) is 3.96. The Morgan fingerprint density at radius 1 is 1.45 bits per heavy atom. The van der Waals surface area contributed by atoms with Gasteiger partial charge in [-0.15, -0.1) is 11.3 Å². The van der Waals surface area contributed by atoms with E-state index in [9.17, 15) is 9.59 Å². The van der Waals surface area contributed by atoms with E-state index in [2.05, 4.69) is 15.3 Å². The van der Waals surface area contributed by atoms with Gasteiger partial charge in [0.15, 0.2) is 11.7 Å². The molecule has 2 rings (SSSR count). The molecule has 0 bridgehead atoms. The van der Waals surface area contributed by atoms with Crippen molar-refractivity contribution in [1.82, 2.24) is 9.97 Å². The molecule has 0 radical (unpaired) electrons. The van der Waals surface area contributed by atoms with Crippen LogP contribution in [0.3, 0.4) is 0 Å². The van der Waals surface area contributed by atoms with Crippen LogP contribution in [0.1, 0.15) is 17.6 Å². The Morgan fingerprint density at radius 3 is 2.86 bits per heavy atom. The van der Waals surface area contributed by atoms with Crippen LogP contribution < -0.4 is 5.32 Å². The summed E-state index contributed by atoms with van der Waals surface area (Å²) < 4.78 is 0. The predicted octanol–water partition coefficient (Wildman–Crippen LogP) is 1.99. The lowest BCUT2D eigenvalue weighted by Gasteiger charge is -2.08. The van der Waals surface area contributed by atoms with Gasteiger partial charge in [0.25, 0.3) is 5.91 Å². The molecule has 1 unspecified atom stereocenters. The number of aromatic nitrogens is 2. The first-order valence-corrected chi connectivity index (χ1v) is 7.59. The number of rotatable bonds is 6. The molecule has 22 heavy (non-hydrogen) atoms. The number of nitrogens with zero attached hydrogens (tertiary/aromatic N) is 3. The first-order valence-electron chi connectivity index (χ1n) is 6.71. The van der Waals surface area contributed by atoms with Crippen LogP contribution in [0.15, 0.2) is 29.8 Å². The molecule has 0 saturated heterocycles. The second-order valence-corrected chi connectivity index (χ2v) is 5.44. The van der Waals surface area contributed by atoms with Crippen LogP contribution in [0.25, 0.3) is 0 Å². The molecule has 0 aliphatic rings. The number of nitriles is 1. The molecule has 1 atom stereocenters. The Balaban J connectivity index is 2.02. The lowest BCUT2D eigenvalue weighted by molar-refractivity contribution is -0.128. The highest BCUT2D eigenvalue weighted by atomic mass is 32.1. The molecule has 0 spiro atoms. The molecule has 0 saturated carbocycles. The molecule has 6 nitrogen and oxygen atoms in total. The molecule has 1 amide bonds. The summed E-state index contributed by atoms with van der Waals surface area (Å²) in [5.41, 5.74) is 0.595. The van der Waals surface area contributed by atoms with Gasteiger partial charge in [-0.25, -0.2) is 9.97 Å². The summed E-state index contributed by atoms with van der Waals surface area (Å²) in [7, 11) is 0. The summed E-state index contributed by atoms with van der Waals surface area (Å²) in [6, 6.07) is 6.74. The molecule has 0 aromatic carbocycles. The minimum atomic E-state index is -1.37. The number of pyridine rings is 1. The number of anilines is 1. The molecule has 2 aromatic rings. The van der Waals surface area contributed by atoms with E-state index in [-0.39, 0.29) is 6.42 Å². The van der Waals surface area contributed by atoms with Gasteiger partial charge in [-0.2, -0.15) is 5.26 Å². The molecule has 7 heteroatoms. The van der Waals surface area contributed by atoms with Crippen molar-refractivity contribution >= 4 is 28.8 Å². The fraction of sp³-hybridized carbons (Fsp3) is 0.267. The lowest BCUT2D eigenvalue weighted by Crippen LogP contribution is -2.30. The highest BCUT2D eigenvalue weighted by Gasteiger charge is 2.27. The minimum Gasteiger partial charge on any atom is -0.309 e. The number of Topliss-reactive ketones (excluding diaryl/α,β-unsaturated/α-hetero) is 1. The number of nitrogens with one attached hydrogen (secondary N) is 1. The Labute approximate surface area is 131 Å². The van der Waals surface area contributed by atoms with Crippen LogP contribution in [0.5, 0.6) is 0 Å². The van der Waals surface area contributed by atoms with E-state index < -0.39 is 17.6 Å². The maximum atomic E-state index is 12.1. The Hall–Kier alpha value is -2.59. The van der Waals surface area contributed by atoms with Crippen LogP contribution >= 0.6 is 11.3 Å². The van der Waals surface area contributed by atoms with E-state index in [0.717, 1.165) is 11.4 Å². The van der Waals surface area contributed by atoms with Crippen molar-refractivity contribution in [1.29, 1.82) is 5.26 Å². The highest BCUT2D eigenvalue weighted by Crippen LogP contribution is 2.13. The normalized spacial score (nSPS) is 11.5. The maximum Gasteiger partial charge on any atom is 0.250 e. The van der Waals surface area contributed by atoms with E-state index in [1.54, 1.807) is 29.6 Å². The zero-order valence-corrected chi connectivity index (χ0v) is 12.8. The summed E-state index contributed by atoms with van der Waals surface area (Å²) >= 11 is 1.47. The van der Waals surface area contributed by atoms with Crippen molar-refractivity contribution in [2.75, 3.05) is 5.32 Å². The summed E-state index contributed by atoms with van der Waals surface area (Å²) in [6.07, 6.45) is 2.28. The number of hydrogen-bond donors (Lipinski definition) is 1. The quantitative estimate of drug-likeness (QED) is 0.823. The second kappa shape index (κ2) is 7.43. The van der Waals surface area contributed by atoms with E-state index in [0.29, 0.717) is 11.5 Å². The van der Waals surface area contributed by atoms with E-state index >= 15 is 0 Å². The largest absolute Gasteiger partial charge is 0.309 e. The predicted molar refractivity (Wildman–Crippen MR) is 82.2 cm³/mol. The number of aryl methyl sites for hydroxylation is 1. The molecule has 2 heterocycles. The van der Waals surface area contributed by atoms with Crippen LogP contribution in [0, 0.1) is 17.2 Å².